The lowest BCUT2D eigenvalue weighted by Crippen LogP contribution is -2.48. The van der Waals surface area contributed by atoms with Gasteiger partial charge < -0.3 is 33.2 Å². The van der Waals surface area contributed by atoms with Gasteiger partial charge >= 0.3 is 6.09 Å². The highest BCUT2D eigenvalue weighted by atomic mass is 32.1. The summed E-state index contributed by atoms with van der Waals surface area (Å²) < 4.78 is 33.8. The van der Waals surface area contributed by atoms with Crippen LogP contribution in [0.25, 0.3) is 21.8 Å². The van der Waals surface area contributed by atoms with Gasteiger partial charge in [-0.25, -0.2) is 14.8 Å². The number of rotatable bonds is 19. The second-order valence-electron chi connectivity index (χ2n) is 21.7. The van der Waals surface area contributed by atoms with Crippen molar-refractivity contribution in [2.24, 2.45) is 0 Å². The fraction of sp³-hybridized carbons (Fsp3) is 0.727. The Morgan fingerprint density at radius 2 is 1.50 bits per heavy atom. The van der Waals surface area contributed by atoms with Crippen LogP contribution < -0.4 is 4.90 Å². The fourth-order valence-electron chi connectivity index (χ4n) is 7.51. The first kappa shape index (κ1) is 48.4. The molecule has 2 bridgehead atoms. The van der Waals surface area contributed by atoms with E-state index in [1.165, 1.54) is 0 Å². The summed E-state index contributed by atoms with van der Waals surface area (Å²) in [6, 6.07) is 2.17. The Kier molecular flexibility index (Phi) is 15.3. The lowest BCUT2D eigenvalue weighted by Gasteiger charge is -2.40. The van der Waals surface area contributed by atoms with E-state index in [1.807, 2.05) is 49.5 Å². The summed E-state index contributed by atoms with van der Waals surface area (Å²) in [5.41, 5.74) is 2.77. The van der Waals surface area contributed by atoms with E-state index in [2.05, 4.69) is 84.6 Å². The predicted octanol–water partition coefficient (Wildman–Crippen LogP) is 11.5. The Bertz CT molecular complexity index is 1910. The Hall–Kier alpha value is -2.61. The second kappa shape index (κ2) is 19.0. The van der Waals surface area contributed by atoms with Crippen molar-refractivity contribution < 1.29 is 28.2 Å². The fourth-order valence-corrected chi connectivity index (χ4v) is 10.9. The molecule has 2 aliphatic rings. The van der Waals surface area contributed by atoms with Crippen molar-refractivity contribution in [3.8, 4) is 10.4 Å². The van der Waals surface area contributed by atoms with Crippen molar-refractivity contribution in [2.45, 2.75) is 174 Å². The van der Waals surface area contributed by atoms with Gasteiger partial charge in [-0.15, -0.1) is 11.3 Å². The average Bonchev–Trinajstić information content (AvgIpc) is 3.83. The number of thiazole rings is 1. The first-order valence-corrected chi connectivity index (χ1v) is 33.2. The molecule has 2 unspecified atom stereocenters. The molecule has 2 atom stereocenters. The average molecular weight is 901 g/mol. The topological polar surface area (TPSA) is 113 Å². The Morgan fingerprint density at radius 1 is 0.917 bits per heavy atom. The van der Waals surface area contributed by atoms with Gasteiger partial charge in [-0.2, -0.15) is 9.61 Å². The van der Waals surface area contributed by atoms with Crippen molar-refractivity contribution >= 4 is 59.1 Å². The molecule has 60 heavy (non-hydrogen) atoms. The number of aromatic nitrogens is 4. The Morgan fingerprint density at radius 3 is 2.02 bits per heavy atom. The SMILES string of the molecule is C=C(OCC)c1c(C2CC3CCC(C2)N3C(=O)OC(C)(C)C)nc2c(-c3cnc(CO[Si](C)(C)C(C)(C)C)s3)cnn2c1N(COCC[Si](C)(C)C)COCC[Si](C)(C)C. The summed E-state index contributed by atoms with van der Waals surface area (Å²) in [7, 11) is -4.68. The van der Waals surface area contributed by atoms with Gasteiger partial charge in [-0.3, -0.25) is 0 Å². The van der Waals surface area contributed by atoms with Gasteiger partial charge in [0.25, 0.3) is 0 Å². The number of nitrogens with zero attached hydrogens (tertiary/aromatic N) is 6. The van der Waals surface area contributed by atoms with Crippen LogP contribution in [0, 0.1) is 0 Å². The minimum Gasteiger partial charge on any atom is -0.494 e. The van der Waals surface area contributed by atoms with Gasteiger partial charge in [-0.1, -0.05) is 66.6 Å². The van der Waals surface area contributed by atoms with E-state index in [9.17, 15) is 4.79 Å². The minimum absolute atomic E-state index is 0.0253. The standard InChI is InChI=1S/C44H76N6O6SSi3/c1-17-54-31(2)38-39(32-24-33-18-19-34(25-32)49(33)42(51)56-43(3,4)5)47-40-35(36-27-45-37(57-36)28-55-60(15,16)44(6,7)8)26-46-50(40)41(38)48(29-52-20-22-58(9,10)11)30-53-21-23-59(12,13)14/h26-27,32-34H,2,17-25,28-30H2,1,3-16H3. The molecule has 5 rings (SSSR count). The van der Waals surface area contributed by atoms with Crippen LogP contribution in [0.5, 0.6) is 0 Å². The van der Waals surface area contributed by atoms with Gasteiger partial charge in [0, 0.05) is 53.6 Å². The molecule has 2 fully saturated rings. The van der Waals surface area contributed by atoms with Crippen LogP contribution >= 0.6 is 11.3 Å². The number of fused-ring (bicyclic) bond motifs is 3. The van der Waals surface area contributed by atoms with E-state index < -0.39 is 30.1 Å². The van der Waals surface area contributed by atoms with Crippen molar-refractivity contribution in [2.75, 3.05) is 38.2 Å². The Labute approximate surface area is 367 Å². The molecule has 16 heteroatoms. The number of carbonyl (C=O) groups excluding carboxylic acids is 1. The van der Waals surface area contributed by atoms with Crippen molar-refractivity contribution in [3.63, 3.8) is 0 Å². The lowest BCUT2D eigenvalue weighted by molar-refractivity contribution is 0.00566. The van der Waals surface area contributed by atoms with Crippen LogP contribution in [-0.2, 0) is 30.0 Å². The van der Waals surface area contributed by atoms with E-state index >= 15 is 0 Å². The van der Waals surface area contributed by atoms with E-state index in [-0.39, 0.29) is 29.1 Å². The molecule has 0 N–H and O–H groups in total. The first-order chi connectivity index (χ1) is 27.8. The van der Waals surface area contributed by atoms with E-state index in [1.54, 1.807) is 11.3 Å². The summed E-state index contributed by atoms with van der Waals surface area (Å²) in [5.74, 6) is 1.35. The highest BCUT2D eigenvalue weighted by Crippen LogP contribution is 2.47. The molecule has 0 saturated carbocycles. The van der Waals surface area contributed by atoms with E-state index in [0.717, 1.165) is 75.9 Å². The molecule has 0 radical (unpaired) electrons. The molecule has 2 saturated heterocycles. The maximum Gasteiger partial charge on any atom is 0.410 e. The molecule has 5 heterocycles. The maximum absolute atomic E-state index is 13.6. The molecule has 0 aromatic carbocycles. The van der Waals surface area contributed by atoms with E-state index in [0.29, 0.717) is 45.6 Å². The zero-order chi connectivity index (χ0) is 44.4. The van der Waals surface area contributed by atoms with Crippen LogP contribution in [0.3, 0.4) is 0 Å². The van der Waals surface area contributed by atoms with Crippen molar-refractivity contribution in [3.05, 3.63) is 35.2 Å². The number of piperidine rings is 1. The number of amides is 1. The monoisotopic (exact) mass is 900 g/mol. The molecule has 3 aromatic heterocycles. The van der Waals surface area contributed by atoms with Crippen LogP contribution in [-0.4, -0.2) is 106 Å². The van der Waals surface area contributed by atoms with Crippen LogP contribution in [0.4, 0.5) is 10.6 Å². The lowest BCUT2D eigenvalue weighted by atomic mass is 9.85. The zero-order valence-corrected chi connectivity index (χ0v) is 43.4. The third kappa shape index (κ3) is 12.3. The minimum atomic E-state index is -1.98. The normalized spacial score (nSPS) is 19.0. The molecular weight excluding hydrogens is 825 g/mol. The molecule has 3 aromatic rings. The number of ether oxygens (including phenoxy) is 4. The molecule has 0 aliphatic carbocycles. The van der Waals surface area contributed by atoms with Gasteiger partial charge in [-0.05, 0) is 83.6 Å². The highest BCUT2D eigenvalue weighted by molar-refractivity contribution is 7.15. The van der Waals surface area contributed by atoms with Gasteiger partial charge in [0.2, 0.25) is 0 Å². The second-order valence-corrected chi connectivity index (χ2v) is 38.9. The third-order valence-corrected chi connectivity index (χ3v) is 20.8. The zero-order valence-electron chi connectivity index (χ0n) is 39.6. The summed E-state index contributed by atoms with van der Waals surface area (Å²) in [6.07, 6.45) is 6.96. The number of hydrogen-bond donors (Lipinski definition) is 0. The number of hydrogen-bond acceptors (Lipinski definition) is 11. The van der Waals surface area contributed by atoms with Gasteiger partial charge in [0.15, 0.2) is 14.0 Å². The largest absolute Gasteiger partial charge is 0.494 e. The summed E-state index contributed by atoms with van der Waals surface area (Å²) in [4.78, 5) is 29.1. The summed E-state index contributed by atoms with van der Waals surface area (Å²) in [5, 5.41) is 6.11. The molecule has 2 aliphatic heterocycles. The molecule has 1 amide bonds. The van der Waals surface area contributed by atoms with Crippen LogP contribution in [0.15, 0.2) is 19.0 Å². The quantitative estimate of drug-likeness (QED) is 0.0499. The molecule has 12 nitrogen and oxygen atoms in total. The molecule has 336 valence electrons. The van der Waals surface area contributed by atoms with Crippen molar-refractivity contribution in [1.82, 2.24) is 24.5 Å². The maximum atomic E-state index is 13.6. The Balaban J connectivity index is 1.65. The van der Waals surface area contributed by atoms with Gasteiger partial charge in [0.1, 0.15) is 35.6 Å². The number of anilines is 1. The first-order valence-electron chi connectivity index (χ1n) is 22.0. The highest BCUT2D eigenvalue weighted by Gasteiger charge is 2.47. The van der Waals surface area contributed by atoms with Gasteiger partial charge in [0.05, 0.1) is 41.1 Å². The van der Waals surface area contributed by atoms with E-state index in [4.69, 9.17) is 38.4 Å². The predicted molar refractivity (Wildman–Crippen MR) is 254 cm³/mol. The smallest absolute Gasteiger partial charge is 0.410 e. The molecular formula is C44H76N6O6SSi3. The van der Waals surface area contributed by atoms with Crippen LogP contribution in [0.1, 0.15) is 96.3 Å². The third-order valence-electron chi connectivity index (χ3n) is 11.9. The van der Waals surface area contributed by atoms with Crippen LogP contribution in [0.2, 0.25) is 69.5 Å². The molecule has 0 spiro atoms. The summed E-state index contributed by atoms with van der Waals surface area (Å²) >= 11 is 1.63. The summed E-state index contributed by atoms with van der Waals surface area (Å²) in [6.45, 7) is 40.7. The van der Waals surface area contributed by atoms with Crippen molar-refractivity contribution in [1.29, 1.82) is 0 Å². The number of carbonyl (C=O) groups is 1.